The lowest BCUT2D eigenvalue weighted by Crippen LogP contribution is -2.48. The largest absolute Gasteiger partial charge is 0.343 e. The van der Waals surface area contributed by atoms with Crippen molar-refractivity contribution >= 4 is 11.8 Å². The van der Waals surface area contributed by atoms with E-state index in [9.17, 15) is 9.59 Å². The highest BCUT2D eigenvalue weighted by atomic mass is 16.5. The van der Waals surface area contributed by atoms with Crippen LogP contribution in [0.25, 0.3) is 0 Å². The van der Waals surface area contributed by atoms with Crippen LogP contribution in [0.3, 0.4) is 0 Å². The Morgan fingerprint density at radius 1 is 1.31 bits per heavy atom. The minimum atomic E-state index is -0.661. The Labute approximate surface area is 170 Å². The number of amides is 2. The van der Waals surface area contributed by atoms with Crippen LogP contribution < -0.4 is 0 Å². The fraction of sp³-hybridized carbons (Fsp3) is 0.500. The molecule has 1 aromatic heterocycles. The van der Waals surface area contributed by atoms with Crippen molar-refractivity contribution in [2.75, 3.05) is 13.1 Å². The van der Waals surface area contributed by atoms with Gasteiger partial charge in [-0.3, -0.25) is 14.7 Å². The monoisotopic (exact) mass is 394 g/mol. The second kappa shape index (κ2) is 6.69. The van der Waals surface area contributed by atoms with E-state index in [0.29, 0.717) is 38.8 Å². The number of hydrogen-bond donors (Lipinski definition) is 1. The van der Waals surface area contributed by atoms with Crippen molar-refractivity contribution in [1.82, 2.24) is 20.0 Å². The molecule has 1 N–H and O–H groups in total. The predicted octanol–water partition coefficient (Wildman–Crippen LogP) is 2.26. The van der Waals surface area contributed by atoms with E-state index in [1.807, 2.05) is 54.0 Å². The van der Waals surface area contributed by atoms with Gasteiger partial charge in [-0.25, -0.2) is 0 Å². The Morgan fingerprint density at radius 2 is 2.10 bits per heavy atom. The first-order valence-electron chi connectivity index (χ1n) is 10.3. The number of rotatable bonds is 4. The quantitative estimate of drug-likeness (QED) is 0.863. The fourth-order valence-corrected chi connectivity index (χ4v) is 5.11. The summed E-state index contributed by atoms with van der Waals surface area (Å²) < 4.78 is 6.51. The molecular formula is C22H26N4O3. The van der Waals surface area contributed by atoms with Gasteiger partial charge in [-0.15, -0.1) is 0 Å². The predicted molar refractivity (Wildman–Crippen MR) is 106 cm³/mol. The molecule has 2 aromatic rings. The topological polar surface area (TPSA) is 78.5 Å². The minimum Gasteiger partial charge on any atom is -0.343 e. The number of carbonyl (C=O) groups is 2. The number of aromatic nitrogens is 2. The molecule has 0 saturated carbocycles. The second-order valence-corrected chi connectivity index (χ2v) is 8.34. The fourth-order valence-electron chi connectivity index (χ4n) is 5.11. The van der Waals surface area contributed by atoms with Crippen molar-refractivity contribution in [3.8, 4) is 0 Å². The highest BCUT2D eigenvalue weighted by molar-refractivity contribution is 5.85. The highest BCUT2D eigenvalue weighted by Crippen LogP contribution is 2.50. The van der Waals surface area contributed by atoms with Crippen LogP contribution in [0.4, 0.5) is 0 Å². The molecule has 7 heteroatoms. The van der Waals surface area contributed by atoms with Gasteiger partial charge in [0.15, 0.2) is 5.72 Å². The molecule has 7 nitrogen and oxygen atoms in total. The molecule has 3 atom stereocenters. The van der Waals surface area contributed by atoms with Crippen molar-refractivity contribution in [2.45, 2.75) is 57.4 Å². The Hall–Kier alpha value is -2.67. The summed E-state index contributed by atoms with van der Waals surface area (Å²) in [5, 5.41) is 7.28. The number of aryl methyl sites for hydroxylation is 2. The van der Waals surface area contributed by atoms with Gasteiger partial charge in [0.1, 0.15) is 6.10 Å². The van der Waals surface area contributed by atoms with E-state index in [-0.39, 0.29) is 24.0 Å². The SMILES string of the molecule is Cc1[nH]nc(CCC(=O)N2CC[C@@]34O[C@H](c5ccccc5)CN3C(=O)C[C@@H]24)c1C. The summed E-state index contributed by atoms with van der Waals surface area (Å²) in [6.45, 7) is 5.20. The summed E-state index contributed by atoms with van der Waals surface area (Å²) in [4.78, 5) is 29.5. The van der Waals surface area contributed by atoms with Crippen LogP contribution in [0, 0.1) is 13.8 Å². The summed E-state index contributed by atoms with van der Waals surface area (Å²) in [7, 11) is 0. The van der Waals surface area contributed by atoms with Gasteiger partial charge in [0.05, 0.1) is 24.7 Å². The van der Waals surface area contributed by atoms with Gasteiger partial charge in [-0.05, 0) is 25.0 Å². The molecule has 152 valence electrons. The summed E-state index contributed by atoms with van der Waals surface area (Å²) in [5.74, 6) is 0.165. The van der Waals surface area contributed by atoms with E-state index < -0.39 is 5.72 Å². The standard InChI is InChI=1S/C22H26N4O3/c1-14-15(2)23-24-17(14)8-9-20(27)25-11-10-22-19(25)12-21(28)26(22)13-18(29-22)16-6-4-3-5-7-16/h3-7,18-19H,8-13H2,1-2H3,(H,23,24)/t18-,19+,22-/m0/s1. The molecule has 0 aliphatic carbocycles. The summed E-state index contributed by atoms with van der Waals surface area (Å²) >= 11 is 0. The number of aromatic amines is 1. The number of hydrogen-bond acceptors (Lipinski definition) is 4. The van der Waals surface area contributed by atoms with Crippen molar-refractivity contribution in [3.63, 3.8) is 0 Å². The molecule has 3 fully saturated rings. The molecule has 2 amide bonds. The van der Waals surface area contributed by atoms with Gasteiger partial charge >= 0.3 is 0 Å². The maximum Gasteiger partial charge on any atom is 0.227 e. The second-order valence-electron chi connectivity index (χ2n) is 8.34. The minimum absolute atomic E-state index is 0.0772. The van der Waals surface area contributed by atoms with Gasteiger partial charge in [0.25, 0.3) is 0 Å². The van der Waals surface area contributed by atoms with Crippen LogP contribution in [0.5, 0.6) is 0 Å². The molecule has 5 rings (SSSR count). The van der Waals surface area contributed by atoms with Crippen molar-refractivity contribution in [2.24, 2.45) is 0 Å². The van der Waals surface area contributed by atoms with E-state index in [1.54, 1.807) is 0 Å². The zero-order valence-corrected chi connectivity index (χ0v) is 16.9. The number of benzene rings is 1. The smallest absolute Gasteiger partial charge is 0.227 e. The third-order valence-electron chi connectivity index (χ3n) is 6.85. The molecule has 3 aliphatic rings. The van der Waals surface area contributed by atoms with Crippen molar-refractivity contribution in [3.05, 3.63) is 52.8 Å². The van der Waals surface area contributed by atoms with Gasteiger partial charge in [-0.1, -0.05) is 30.3 Å². The molecule has 3 aliphatic heterocycles. The first kappa shape index (κ1) is 18.4. The van der Waals surface area contributed by atoms with E-state index in [1.165, 1.54) is 0 Å². The number of H-pyrrole nitrogens is 1. The van der Waals surface area contributed by atoms with Gasteiger partial charge < -0.3 is 14.5 Å². The Morgan fingerprint density at radius 3 is 2.83 bits per heavy atom. The lowest BCUT2D eigenvalue weighted by molar-refractivity contribution is -0.142. The number of ether oxygens (including phenoxy) is 1. The van der Waals surface area contributed by atoms with E-state index in [4.69, 9.17) is 4.74 Å². The zero-order valence-electron chi connectivity index (χ0n) is 16.9. The van der Waals surface area contributed by atoms with Gasteiger partial charge in [-0.2, -0.15) is 5.10 Å². The third-order valence-corrected chi connectivity index (χ3v) is 6.85. The Kier molecular flexibility index (Phi) is 4.24. The number of nitrogens with zero attached hydrogens (tertiary/aromatic N) is 3. The van der Waals surface area contributed by atoms with Crippen LogP contribution in [0.2, 0.25) is 0 Å². The van der Waals surface area contributed by atoms with Crippen LogP contribution in [0.15, 0.2) is 30.3 Å². The first-order valence-corrected chi connectivity index (χ1v) is 10.3. The van der Waals surface area contributed by atoms with Crippen molar-refractivity contribution < 1.29 is 14.3 Å². The highest BCUT2D eigenvalue weighted by Gasteiger charge is 2.64. The van der Waals surface area contributed by atoms with Crippen LogP contribution >= 0.6 is 0 Å². The zero-order chi connectivity index (χ0) is 20.2. The average Bonchev–Trinajstić information content (AvgIpc) is 3.43. The molecule has 29 heavy (non-hydrogen) atoms. The van der Waals surface area contributed by atoms with Gasteiger partial charge in [0.2, 0.25) is 11.8 Å². The van der Waals surface area contributed by atoms with Crippen LogP contribution in [0.1, 0.15) is 47.9 Å². The molecule has 0 radical (unpaired) electrons. The van der Waals surface area contributed by atoms with Gasteiger partial charge in [0, 0.05) is 31.5 Å². The van der Waals surface area contributed by atoms with E-state index in [2.05, 4.69) is 10.2 Å². The average molecular weight is 394 g/mol. The van der Waals surface area contributed by atoms with Crippen LogP contribution in [-0.2, 0) is 20.7 Å². The number of likely N-dealkylation sites (tertiary alicyclic amines) is 1. The van der Waals surface area contributed by atoms with Crippen molar-refractivity contribution in [1.29, 1.82) is 0 Å². The third kappa shape index (κ3) is 2.79. The first-order chi connectivity index (χ1) is 14.0. The summed E-state index contributed by atoms with van der Waals surface area (Å²) in [5.41, 5.74) is 3.51. The molecular weight excluding hydrogens is 368 g/mol. The lowest BCUT2D eigenvalue weighted by atomic mass is 10.1. The molecule has 1 aromatic carbocycles. The molecule has 1 spiro atoms. The molecule has 4 heterocycles. The maximum absolute atomic E-state index is 13.0. The van der Waals surface area contributed by atoms with Crippen LogP contribution in [-0.4, -0.2) is 56.7 Å². The molecule has 0 bridgehead atoms. The number of carbonyl (C=O) groups excluding carboxylic acids is 2. The van der Waals surface area contributed by atoms with E-state index in [0.717, 1.165) is 22.5 Å². The summed E-state index contributed by atoms with van der Waals surface area (Å²) in [6.07, 6.45) is 1.91. The molecule has 0 unspecified atom stereocenters. The summed E-state index contributed by atoms with van der Waals surface area (Å²) in [6, 6.07) is 9.83. The van der Waals surface area contributed by atoms with E-state index >= 15 is 0 Å². The maximum atomic E-state index is 13.0. The number of nitrogens with one attached hydrogen (secondary N) is 1. The lowest BCUT2D eigenvalue weighted by Gasteiger charge is -2.32. The molecule has 3 saturated heterocycles. The normalized spacial score (nSPS) is 28.1. The Balaban J connectivity index is 1.32. The Bertz CT molecular complexity index is 956.